The molecule has 10 heteroatoms. The van der Waals surface area contributed by atoms with Gasteiger partial charge in [0.05, 0.1) is 21.5 Å². The van der Waals surface area contributed by atoms with Gasteiger partial charge in [0, 0.05) is 6.42 Å². The van der Waals surface area contributed by atoms with Gasteiger partial charge in [0.1, 0.15) is 18.8 Å². The van der Waals surface area contributed by atoms with E-state index in [9.17, 15) is 24.9 Å². The van der Waals surface area contributed by atoms with Crippen molar-refractivity contribution in [2.24, 2.45) is 0 Å². The van der Waals surface area contributed by atoms with E-state index < -0.39 is 67.7 Å². The van der Waals surface area contributed by atoms with Gasteiger partial charge in [-0.15, -0.1) is 0 Å². The molecule has 21 heavy (non-hydrogen) atoms. The Bertz CT molecular complexity index is 498. The number of amides is 1. The second kappa shape index (κ2) is 5.83. The number of hydrogen-bond acceptors (Lipinski definition) is 9. The number of carbonyl (C=O) groups excluding carboxylic acids is 2. The average Bonchev–Trinajstić information content (AvgIpc) is 2.44. The van der Waals surface area contributed by atoms with Crippen molar-refractivity contribution < 1.29 is 47.3 Å². The minimum atomic E-state index is -3.25. The summed E-state index contributed by atoms with van der Waals surface area (Å²) < 4.78 is 23.7. The van der Waals surface area contributed by atoms with Crippen molar-refractivity contribution in [2.45, 2.75) is 42.7 Å². The van der Waals surface area contributed by atoms with Crippen LogP contribution < -0.4 is 5.32 Å². The first kappa shape index (κ1) is 13.4. The number of esters is 1. The molecule has 0 spiro atoms. The number of aliphatic hydroxyl groups excluding tert-OH is 3. The Morgan fingerprint density at radius 2 is 2.24 bits per heavy atom. The van der Waals surface area contributed by atoms with E-state index in [2.05, 4.69) is 0 Å². The minimum Gasteiger partial charge on any atom is -0.453 e. The molecular weight excluding hydrogens is 290 g/mol. The maximum atomic E-state index is 11.7. The summed E-state index contributed by atoms with van der Waals surface area (Å²) >= 11 is 0. The molecule has 0 radical (unpaired) electrons. The quantitative estimate of drug-likeness (QED) is 0.281. The van der Waals surface area contributed by atoms with Crippen LogP contribution in [-0.4, -0.2) is 86.8 Å². The lowest BCUT2D eigenvalue weighted by molar-refractivity contribution is -0.330. The van der Waals surface area contributed by atoms with E-state index >= 15 is 0 Å². The molecule has 0 saturated carbocycles. The van der Waals surface area contributed by atoms with Crippen LogP contribution in [-0.2, 0) is 19.1 Å². The van der Waals surface area contributed by atoms with E-state index in [0.717, 1.165) is 0 Å². The lowest BCUT2D eigenvalue weighted by atomic mass is 9.86. The van der Waals surface area contributed by atoms with E-state index in [1.165, 1.54) is 0 Å². The molecule has 6 atom stereocenters. The Labute approximate surface area is 121 Å². The smallest absolute Gasteiger partial charge is 0.367 e. The SMILES string of the molecule is [2H]C([2H])(O)C(=O)N[C@H]1[C@H]2O[C@@](O)(C[C@@H]1O)C(=O)O[C@@H]2[C@H](O)CO. The first-order valence-corrected chi connectivity index (χ1v) is 6.11. The van der Waals surface area contributed by atoms with Crippen LogP contribution in [0.2, 0.25) is 0 Å². The van der Waals surface area contributed by atoms with Crippen LogP contribution in [0.25, 0.3) is 0 Å². The summed E-state index contributed by atoms with van der Waals surface area (Å²) in [6.07, 6.45) is -6.88. The molecule has 0 aromatic rings. The van der Waals surface area contributed by atoms with Gasteiger partial charge in [-0.3, -0.25) is 4.79 Å². The molecule has 0 aliphatic carbocycles. The van der Waals surface area contributed by atoms with Crippen molar-refractivity contribution in [1.82, 2.24) is 5.32 Å². The lowest BCUT2D eigenvalue weighted by Crippen LogP contribution is -2.72. The van der Waals surface area contributed by atoms with Crippen molar-refractivity contribution in [1.29, 1.82) is 0 Å². The van der Waals surface area contributed by atoms with Gasteiger partial charge in [-0.1, -0.05) is 0 Å². The summed E-state index contributed by atoms with van der Waals surface area (Å²) in [5.41, 5.74) is 0. The third-order valence-electron chi connectivity index (χ3n) is 3.44. The fraction of sp³-hybridized carbons (Fsp3) is 0.818. The van der Waals surface area contributed by atoms with Crippen molar-refractivity contribution >= 4 is 11.9 Å². The average molecular weight is 309 g/mol. The van der Waals surface area contributed by atoms with Crippen molar-refractivity contribution in [2.75, 3.05) is 13.2 Å². The molecule has 2 bridgehead atoms. The number of nitrogens with one attached hydrogen (secondary N) is 1. The summed E-state index contributed by atoms with van der Waals surface area (Å²) in [6, 6.07) is -1.41. The van der Waals surface area contributed by atoms with E-state index in [1.54, 1.807) is 0 Å². The number of hydrogen-bond donors (Lipinski definition) is 6. The first-order valence-electron chi connectivity index (χ1n) is 7.11. The monoisotopic (exact) mass is 309 g/mol. The normalized spacial score (nSPS) is 42.4. The van der Waals surface area contributed by atoms with Crippen LogP contribution in [0.15, 0.2) is 0 Å². The second-order valence-corrected chi connectivity index (χ2v) is 4.87. The molecule has 2 aliphatic rings. The molecule has 0 aromatic heterocycles. The van der Waals surface area contributed by atoms with Gasteiger partial charge < -0.3 is 40.3 Å². The zero-order valence-corrected chi connectivity index (χ0v) is 10.7. The summed E-state index contributed by atoms with van der Waals surface area (Å²) in [5, 5.41) is 49.7. The van der Waals surface area contributed by atoms with Gasteiger partial charge in [-0.05, 0) is 0 Å². The fourth-order valence-corrected chi connectivity index (χ4v) is 2.42. The van der Waals surface area contributed by atoms with Crippen LogP contribution in [0.4, 0.5) is 0 Å². The number of fused-ring (bicyclic) bond motifs is 2. The summed E-state index contributed by atoms with van der Waals surface area (Å²) in [5.74, 6) is -5.26. The Balaban J connectivity index is 2.28. The molecule has 2 saturated heterocycles. The maximum absolute atomic E-state index is 11.7. The molecular formula is C11H17NO9. The third kappa shape index (κ3) is 2.86. The molecule has 2 heterocycles. The molecule has 2 rings (SSSR count). The van der Waals surface area contributed by atoms with Gasteiger partial charge in [0.25, 0.3) is 5.79 Å². The zero-order valence-electron chi connectivity index (χ0n) is 12.7. The zero-order chi connectivity index (χ0) is 17.6. The summed E-state index contributed by atoms with van der Waals surface area (Å²) in [7, 11) is 0. The molecule has 0 aromatic carbocycles. The molecule has 1 amide bonds. The summed E-state index contributed by atoms with van der Waals surface area (Å²) in [4.78, 5) is 23.2. The van der Waals surface area contributed by atoms with E-state index in [-0.39, 0.29) is 0 Å². The van der Waals surface area contributed by atoms with E-state index in [1.807, 2.05) is 5.32 Å². The van der Waals surface area contributed by atoms with Crippen molar-refractivity contribution in [3.05, 3.63) is 0 Å². The Morgan fingerprint density at radius 3 is 2.81 bits per heavy atom. The highest BCUT2D eigenvalue weighted by Gasteiger charge is 2.60. The Kier molecular flexibility index (Phi) is 3.71. The van der Waals surface area contributed by atoms with Crippen LogP contribution >= 0.6 is 0 Å². The molecule has 6 N–H and O–H groups in total. The van der Waals surface area contributed by atoms with Gasteiger partial charge in [0.15, 0.2) is 6.10 Å². The van der Waals surface area contributed by atoms with Crippen LogP contribution in [0, 0.1) is 0 Å². The molecule has 0 unspecified atom stereocenters. The van der Waals surface area contributed by atoms with Gasteiger partial charge in [0.2, 0.25) is 5.91 Å². The lowest BCUT2D eigenvalue weighted by Gasteiger charge is -2.50. The second-order valence-electron chi connectivity index (χ2n) is 4.87. The van der Waals surface area contributed by atoms with Gasteiger partial charge >= 0.3 is 5.97 Å². The standard InChI is InChI=1S/C11H17NO9/c13-2-5(16)8-9-7(12-6(17)3-14)4(15)1-11(19,21-9)10(18)20-8/h4-5,7-9,13-16,19H,1-3H2,(H,12,17)/t4-,5+,7+,8+,9+,11-/m0/s1/i3D2. The molecule has 120 valence electrons. The Hall–Kier alpha value is -1.30. The summed E-state index contributed by atoms with van der Waals surface area (Å²) in [6.45, 7) is -4.09. The maximum Gasteiger partial charge on any atom is 0.367 e. The highest BCUT2D eigenvalue weighted by atomic mass is 16.7. The van der Waals surface area contributed by atoms with Gasteiger partial charge in [-0.25, -0.2) is 4.79 Å². The Morgan fingerprint density at radius 1 is 1.57 bits per heavy atom. The van der Waals surface area contributed by atoms with Crippen molar-refractivity contribution in [3.8, 4) is 0 Å². The molecule has 2 aliphatic heterocycles. The topological polar surface area (TPSA) is 166 Å². The van der Waals surface area contributed by atoms with E-state index in [4.69, 9.17) is 22.4 Å². The predicted molar refractivity (Wildman–Crippen MR) is 62.4 cm³/mol. The van der Waals surface area contributed by atoms with Crippen LogP contribution in [0.1, 0.15) is 9.16 Å². The number of cyclic esters (lactones) is 1. The molecule has 10 nitrogen and oxygen atoms in total. The number of ether oxygens (including phenoxy) is 2. The predicted octanol–water partition coefficient (Wildman–Crippen LogP) is -4.42. The number of carbonyl (C=O) groups is 2. The number of rotatable bonds is 4. The first-order chi connectivity index (χ1) is 10.5. The van der Waals surface area contributed by atoms with Crippen LogP contribution in [0.3, 0.4) is 0 Å². The minimum absolute atomic E-state index is 0.677. The fourth-order valence-electron chi connectivity index (χ4n) is 2.42. The highest BCUT2D eigenvalue weighted by molar-refractivity contribution is 5.80. The molecule has 2 fully saturated rings. The largest absolute Gasteiger partial charge is 0.453 e. The van der Waals surface area contributed by atoms with Crippen molar-refractivity contribution in [3.63, 3.8) is 0 Å². The van der Waals surface area contributed by atoms with E-state index in [0.29, 0.717) is 0 Å². The highest BCUT2D eigenvalue weighted by Crippen LogP contribution is 2.36. The third-order valence-corrected chi connectivity index (χ3v) is 3.44. The van der Waals surface area contributed by atoms with Gasteiger partial charge in [-0.2, -0.15) is 0 Å². The van der Waals surface area contributed by atoms with Crippen LogP contribution in [0.5, 0.6) is 0 Å². The number of aliphatic hydroxyl groups is 5.